The third-order valence-electron chi connectivity index (χ3n) is 3.58. The number of phosphoric ester groups is 1. The number of phosphoric acid groups is 1. The number of non-ortho nitro benzene ring substituents is 1. The number of nitrogens with zero attached hydrogens (tertiary/aromatic N) is 2. The zero-order chi connectivity index (χ0) is 25.4. The number of nitrogens with one attached hydrogen (secondary N) is 1. The molecule has 1 aromatic carbocycles. The maximum absolute atomic E-state index is 12.4. The highest BCUT2D eigenvalue weighted by molar-refractivity contribution is 8.76. The van der Waals surface area contributed by atoms with E-state index in [2.05, 4.69) is 9.84 Å². The fraction of sp³-hybridized carbons (Fsp3) is 0.529. The molecule has 5 N–H and O–H groups in total. The fourth-order valence-corrected chi connectivity index (χ4v) is 4.77. The molecule has 13 nitrogen and oxygen atoms in total. The molecule has 0 aromatic heterocycles. The monoisotopic (exact) mass is 526 g/mol. The van der Waals surface area contributed by atoms with Gasteiger partial charge < -0.3 is 25.6 Å². The van der Waals surface area contributed by atoms with E-state index in [4.69, 9.17) is 20.3 Å². The summed E-state index contributed by atoms with van der Waals surface area (Å²) in [7, 11) is -0.832. The Balaban J connectivity index is 2.77. The van der Waals surface area contributed by atoms with Crippen molar-refractivity contribution >= 4 is 52.8 Å². The Kier molecular flexibility index (Phi) is 11.1. The van der Waals surface area contributed by atoms with E-state index < -0.39 is 36.4 Å². The normalized spacial score (nSPS) is 12.7. The van der Waals surface area contributed by atoms with Crippen LogP contribution < -0.4 is 16.0 Å². The summed E-state index contributed by atoms with van der Waals surface area (Å²) >= 11 is 0. The second kappa shape index (κ2) is 12.6. The number of hydrogen-bond acceptors (Lipinski definition) is 10. The summed E-state index contributed by atoms with van der Waals surface area (Å²) in [5, 5.41) is 13.6. The summed E-state index contributed by atoms with van der Waals surface area (Å²) in [4.78, 5) is 53.9. The lowest BCUT2D eigenvalue weighted by atomic mass is 10.2. The average molecular weight is 527 g/mol. The van der Waals surface area contributed by atoms with Gasteiger partial charge in [-0.15, -0.1) is 0 Å². The van der Waals surface area contributed by atoms with E-state index in [-0.39, 0.29) is 30.3 Å². The molecule has 0 saturated carbocycles. The molecule has 0 aliphatic heterocycles. The zero-order valence-electron chi connectivity index (χ0n) is 18.4. The first-order valence-corrected chi connectivity index (χ1v) is 13.2. The predicted molar refractivity (Wildman–Crippen MR) is 125 cm³/mol. The number of carbonyl (C=O) groups is 2. The Morgan fingerprint density at radius 2 is 2.00 bits per heavy atom. The largest absolute Gasteiger partial charge is 0.469 e. The number of ether oxygens (including phenoxy) is 1. The molecule has 1 unspecified atom stereocenters. The number of anilines is 1. The molecule has 0 bridgehead atoms. The van der Waals surface area contributed by atoms with Crippen LogP contribution in [0, 0.1) is 10.1 Å². The first-order chi connectivity index (χ1) is 15.1. The second-order valence-electron chi connectivity index (χ2n) is 7.54. The van der Waals surface area contributed by atoms with Gasteiger partial charge in [0.2, 0.25) is 5.91 Å². The average Bonchev–Trinajstić information content (AvgIpc) is 2.68. The highest BCUT2D eigenvalue weighted by Crippen LogP contribution is 2.40. The molecule has 0 radical (unpaired) electrons. The van der Waals surface area contributed by atoms with Gasteiger partial charge in [0.15, 0.2) is 0 Å². The van der Waals surface area contributed by atoms with Gasteiger partial charge in [0.25, 0.3) is 5.69 Å². The van der Waals surface area contributed by atoms with Crippen LogP contribution in [0.4, 0.5) is 16.2 Å². The van der Waals surface area contributed by atoms with Crippen molar-refractivity contribution in [2.75, 3.05) is 30.9 Å². The molecule has 0 aliphatic carbocycles. The van der Waals surface area contributed by atoms with E-state index in [1.54, 1.807) is 20.8 Å². The van der Waals surface area contributed by atoms with Crippen LogP contribution in [0.25, 0.3) is 0 Å². The van der Waals surface area contributed by atoms with Gasteiger partial charge in [0, 0.05) is 36.4 Å². The molecule has 1 aromatic rings. The van der Waals surface area contributed by atoms with Crippen molar-refractivity contribution in [1.82, 2.24) is 5.32 Å². The van der Waals surface area contributed by atoms with Gasteiger partial charge in [0.1, 0.15) is 5.60 Å². The molecular formula is C17H27N4O9PS2. The van der Waals surface area contributed by atoms with E-state index in [1.165, 1.54) is 46.8 Å². The number of rotatable bonds is 11. The predicted octanol–water partition coefficient (Wildman–Crippen LogP) is 2.26. The Morgan fingerprint density at radius 3 is 2.55 bits per heavy atom. The molecule has 1 rings (SSSR count). The molecule has 16 heteroatoms. The highest BCUT2D eigenvalue weighted by atomic mass is 33.1. The summed E-state index contributed by atoms with van der Waals surface area (Å²) in [6, 6.07) is 3.09. The standard InChI is InChI=1S/C17H27N4O9PS2/c1-17(2,3)30-16(23)20(4)13-9-11(21(24)25)5-6-14(13)33-32-10-12(18)15(22)19-7-8-29-31(26,27)28/h5-6,9,12H,7-8,10,18H2,1-4H3,(H,19,22)(H2,26,27,28). The van der Waals surface area contributed by atoms with Crippen LogP contribution in [0.5, 0.6) is 0 Å². The van der Waals surface area contributed by atoms with Gasteiger partial charge >= 0.3 is 13.9 Å². The second-order valence-corrected chi connectivity index (χ2v) is 11.2. The van der Waals surface area contributed by atoms with Crippen LogP contribution in [-0.2, 0) is 18.6 Å². The van der Waals surface area contributed by atoms with Crippen molar-refractivity contribution in [1.29, 1.82) is 0 Å². The van der Waals surface area contributed by atoms with E-state index in [1.807, 2.05) is 0 Å². The molecule has 0 heterocycles. The first kappa shape index (κ1) is 29.2. The zero-order valence-corrected chi connectivity index (χ0v) is 20.9. The minimum Gasteiger partial charge on any atom is -0.443 e. The van der Waals surface area contributed by atoms with Crippen molar-refractivity contribution in [3.05, 3.63) is 28.3 Å². The van der Waals surface area contributed by atoms with Gasteiger partial charge in [0.05, 0.1) is 23.3 Å². The number of carbonyl (C=O) groups excluding carboxylic acids is 2. The number of benzene rings is 1. The van der Waals surface area contributed by atoms with Gasteiger partial charge in [-0.05, 0) is 26.8 Å². The lowest BCUT2D eigenvalue weighted by molar-refractivity contribution is -0.384. The number of nitro groups is 1. The Labute approximate surface area is 198 Å². The minimum absolute atomic E-state index is 0.136. The fourth-order valence-electron chi connectivity index (χ4n) is 2.10. The van der Waals surface area contributed by atoms with E-state index in [9.17, 15) is 24.3 Å². The maximum atomic E-state index is 12.4. The van der Waals surface area contributed by atoms with Crippen LogP contribution in [-0.4, -0.2) is 64.3 Å². The number of nitro benzene ring substituents is 1. The van der Waals surface area contributed by atoms with Crippen LogP contribution in [0.1, 0.15) is 20.8 Å². The quantitative estimate of drug-likeness (QED) is 0.108. The van der Waals surface area contributed by atoms with Crippen LogP contribution in [0.3, 0.4) is 0 Å². The SMILES string of the molecule is CN(C(=O)OC(C)(C)C)c1cc([N+](=O)[O-])ccc1SSCC(N)C(=O)NCCOP(=O)(O)O. The van der Waals surface area contributed by atoms with E-state index in [0.29, 0.717) is 4.90 Å². The van der Waals surface area contributed by atoms with E-state index in [0.717, 1.165) is 4.90 Å². The van der Waals surface area contributed by atoms with Crippen LogP contribution >= 0.6 is 29.4 Å². The van der Waals surface area contributed by atoms with Crippen LogP contribution in [0.2, 0.25) is 0 Å². The van der Waals surface area contributed by atoms with Crippen molar-refractivity contribution in [2.45, 2.75) is 37.3 Å². The molecule has 2 amide bonds. The molecule has 0 aliphatic rings. The summed E-state index contributed by atoms with van der Waals surface area (Å²) < 4.78 is 20.1. The lowest BCUT2D eigenvalue weighted by Gasteiger charge is -2.25. The van der Waals surface area contributed by atoms with Gasteiger partial charge in [-0.1, -0.05) is 21.6 Å². The minimum atomic E-state index is -4.61. The van der Waals surface area contributed by atoms with Crippen molar-refractivity contribution in [2.24, 2.45) is 5.73 Å². The highest BCUT2D eigenvalue weighted by Gasteiger charge is 2.24. The molecule has 1 atom stereocenters. The lowest BCUT2D eigenvalue weighted by Crippen LogP contribution is -2.43. The third kappa shape index (κ3) is 11.2. The van der Waals surface area contributed by atoms with Crippen molar-refractivity contribution < 1.29 is 38.1 Å². The van der Waals surface area contributed by atoms with Gasteiger partial charge in [-0.2, -0.15) is 0 Å². The Hall–Kier alpha value is -1.87. The summed E-state index contributed by atoms with van der Waals surface area (Å²) in [6.45, 7) is 4.57. The molecule has 0 fully saturated rings. The molecule has 186 valence electrons. The molecule has 33 heavy (non-hydrogen) atoms. The smallest absolute Gasteiger partial charge is 0.443 e. The Bertz CT molecular complexity index is 907. The summed E-state index contributed by atoms with van der Waals surface area (Å²) in [6.07, 6.45) is -0.691. The third-order valence-corrected chi connectivity index (χ3v) is 6.53. The summed E-state index contributed by atoms with van der Waals surface area (Å²) in [5.41, 5.74) is 5.10. The Morgan fingerprint density at radius 1 is 1.36 bits per heavy atom. The van der Waals surface area contributed by atoms with Crippen LogP contribution in [0.15, 0.2) is 23.1 Å². The molecular weight excluding hydrogens is 499 g/mol. The number of nitrogens with two attached hydrogens (primary N) is 1. The van der Waals surface area contributed by atoms with E-state index >= 15 is 0 Å². The van der Waals surface area contributed by atoms with Crippen molar-refractivity contribution in [3.8, 4) is 0 Å². The number of hydrogen-bond donors (Lipinski definition) is 4. The van der Waals surface area contributed by atoms with Crippen molar-refractivity contribution in [3.63, 3.8) is 0 Å². The van der Waals surface area contributed by atoms with Gasteiger partial charge in [-0.25, -0.2) is 9.36 Å². The topological polar surface area (TPSA) is 195 Å². The molecule has 0 spiro atoms. The maximum Gasteiger partial charge on any atom is 0.469 e. The molecule has 0 saturated heterocycles. The first-order valence-electron chi connectivity index (χ1n) is 9.38. The summed E-state index contributed by atoms with van der Waals surface area (Å²) in [5.74, 6) is -0.408. The van der Waals surface area contributed by atoms with Gasteiger partial charge in [-0.3, -0.25) is 24.3 Å². The number of amides is 2.